The Morgan fingerprint density at radius 3 is 2.36 bits per heavy atom. The summed E-state index contributed by atoms with van der Waals surface area (Å²) in [4.78, 5) is 14.8. The van der Waals surface area contributed by atoms with E-state index in [1.54, 1.807) is 36.3 Å². The smallest absolute Gasteiger partial charge is 0.268 e. The van der Waals surface area contributed by atoms with Gasteiger partial charge in [-0.15, -0.1) is 0 Å². The number of nitriles is 1. The van der Waals surface area contributed by atoms with Crippen LogP contribution in [0.1, 0.15) is 18.1 Å². The lowest BCUT2D eigenvalue weighted by molar-refractivity contribution is -0.114. The number of benzene rings is 3. The first-order chi connectivity index (χ1) is 17.6. The monoisotopic (exact) mass is 484 g/mol. The Kier molecular flexibility index (Phi) is 8.09. The van der Waals surface area contributed by atoms with Gasteiger partial charge in [0.2, 0.25) is 0 Å². The fourth-order valence-electron chi connectivity index (χ4n) is 4.05. The third-order valence-electron chi connectivity index (χ3n) is 5.73. The van der Waals surface area contributed by atoms with Gasteiger partial charge in [-0.3, -0.25) is 4.79 Å². The first kappa shape index (κ1) is 24.7. The van der Waals surface area contributed by atoms with Gasteiger partial charge < -0.3 is 23.8 Å². The van der Waals surface area contributed by atoms with E-state index in [9.17, 15) is 10.1 Å². The SMILES string of the molecule is CCOc1cc(C=C(C#N)C(=O)N2CCc3ccccc32)ccc1OCCOc1ccccc1OC. The van der Waals surface area contributed by atoms with Crippen molar-refractivity contribution in [3.05, 3.63) is 83.4 Å². The quantitative estimate of drug-likeness (QED) is 0.228. The summed E-state index contributed by atoms with van der Waals surface area (Å²) >= 11 is 0. The van der Waals surface area contributed by atoms with Gasteiger partial charge in [0, 0.05) is 12.2 Å². The number of carbonyl (C=O) groups is 1. The van der Waals surface area contributed by atoms with Crippen LogP contribution in [0.15, 0.2) is 72.3 Å². The van der Waals surface area contributed by atoms with Gasteiger partial charge in [0.25, 0.3) is 5.91 Å². The van der Waals surface area contributed by atoms with Gasteiger partial charge in [-0.05, 0) is 60.9 Å². The molecular weight excluding hydrogens is 456 g/mol. The highest BCUT2D eigenvalue weighted by Gasteiger charge is 2.26. The molecule has 0 N–H and O–H groups in total. The normalized spacial score (nSPS) is 12.5. The highest BCUT2D eigenvalue weighted by Crippen LogP contribution is 2.32. The summed E-state index contributed by atoms with van der Waals surface area (Å²) in [6.07, 6.45) is 2.36. The van der Waals surface area contributed by atoms with Gasteiger partial charge in [0.05, 0.1) is 13.7 Å². The largest absolute Gasteiger partial charge is 0.493 e. The Balaban J connectivity index is 1.45. The lowest BCUT2D eigenvalue weighted by Crippen LogP contribution is -2.29. The lowest BCUT2D eigenvalue weighted by Gasteiger charge is -2.17. The molecule has 1 heterocycles. The molecule has 3 aromatic rings. The summed E-state index contributed by atoms with van der Waals surface area (Å²) < 4.78 is 22.7. The van der Waals surface area contributed by atoms with Crippen molar-refractivity contribution in [1.82, 2.24) is 0 Å². The van der Waals surface area contributed by atoms with Gasteiger partial charge in [0.15, 0.2) is 23.0 Å². The Bertz CT molecular complexity index is 1290. The van der Waals surface area contributed by atoms with E-state index in [1.807, 2.05) is 55.5 Å². The molecule has 7 heteroatoms. The van der Waals surface area contributed by atoms with Crippen molar-refractivity contribution in [2.45, 2.75) is 13.3 Å². The number of amides is 1. The molecule has 4 rings (SSSR count). The molecule has 184 valence electrons. The van der Waals surface area contributed by atoms with E-state index in [4.69, 9.17) is 18.9 Å². The fraction of sp³-hybridized carbons (Fsp3) is 0.241. The summed E-state index contributed by atoms with van der Waals surface area (Å²) in [5, 5.41) is 9.72. The van der Waals surface area contributed by atoms with E-state index in [1.165, 1.54) is 0 Å². The second-order valence-corrected chi connectivity index (χ2v) is 7.99. The average molecular weight is 485 g/mol. The van der Waals surface area contributed by atoms with Crippen LogP contribution in [0.4, 0.5) is 5.69 Å². The number of para-hydroxylation sites is 3. The predicted octanol–water partition coefficient (Wildman–Crippen LogP) is 5.05. The van der Waals surface area contributed by atoms with Crippen molar-refractivity contribution < 1.29 is 23.7 Å². The maximum Gasteiger partial charge on any atom is 0.268 e. The van der Waals surface area contributed by atoms with Crippen LogP contribution in [0.2, 0.25) is 0 Å². The van der Waals surface area contributed by atoms with Gasteiger partial charge in [0.1, 0.15) is 24.9 Å². The second-order valence-electron chi connectivity index (χ2n) is 7.99. The number of ether oxygens (including phenoxy) is 4. The summed E-state index contributed by atoms with van der Waals surface area (Å²) in [5.74, 6) is 2.07. The van der Waals surface area contributed by atoms with Crippen molar-refractivity contribution in [2.24, 2.45) is 0 Å². The van der Waals surface area contributed by atoms with Crippen molar-refractivity contribution >= 4 is 17.7 Å². The van der Waals surface area contributed by atoms with Crippen LogP contribution in [0.3, 0.4) is 0 Å². The van der Waals surface area contributed by atoms with Gasteiger partial charge >= 0.3 is 0 Å². The Hall–Kier alpha value is -4.44. The number of hydrogen-bond donors (Lipinski definition) is 0. The molecule has 0 unspecified atom stereocenters. The number of carbonyl (C=O) groups excluding carboxylic acids is 1. The lowest BCUT2D eigenvalue weighted by atomic mass is 10.1. The van der Waals surface area contributed by atoms with Crippen LogP contribution < -0.4 is 23.8 Å². The van der Waals surface area contributed by atoms with E-state index in [0.29, 0.717) is 54.9 Å². The fourth-order valence-corrected chi connectivity index (χ4v) is 4.05. The molecule has 0 aromatic heterocycles. The minimum absolute atomic E-state index is 0.0630. The highest BCUT2D eigenvalue weighted by atomic mass is 16.5. The van der Waals surface area contributed by atoms with Gasteiger partial charge in [-0.25, -0.2) is 0 Å². The molecule has 0 bridgehead atoms. The molecule has 0 saturated heterocycles. The summed E-state index contributed by atoms with van der Waals surface area (Å²) in [5.41, 5.74) is 2.71. The Morgan fingerprint density at radius 2 is 1.64 bits per heavy atom. The van der Waals surface area contributed by atoms with Crippen molar-refractivity contribution in [1.29, 1.82) is 5.26 Å². The zero-order valence-corrected chi connectivity index (χ0v) is 20.4. The van der Waals surface area contributed by atoms with E-state index in [-0.39, 0.29) is 11.5 Å². The molecule has 0 fully saturated rings. The van der Waals surface area contributed by atoms with Crippen LogP contribution in [0.25, 0.3) is 6.08 Å². The molecular formula is C29H28N2O5. The number of nitrogens with zero attached hydrogens (tertiary/aromatic N) is 2. The summed E-state index contributed by atoms with van der Waals surface area (Å²) in [6.45, 7) is 3.49. The number of anilines is 1. The second kappa shape index (κ2) is 11.8. The maximum atomic E-state index is 13.1. The van der Waals surface area contributed by atoms with Gasteiger partial charge in [-0.2, -0.15) is 5.26 Å². The number of rotatable bonds is 10. The van der Waals surface area contributed by atoms with Crippen LogP contribution >= 0.6 is 0 Å². The van der Waals surface area contributed by atoms with Crippen LogP contribution in [0.5, 0.6) is 23.0 Å². The molecule has 1 amide bonds. The molecule has 3 aromatic carbocycles. The molecule has 7 nitrogen and oxygen atoms in total. The number of methoxy groups -OCH3 is 1. The van der Waals surface area contributed by atoms with Gasteiger partial charge in [-0.1, -0.05) is 36.4 Å². The maximum absolute atomic E-state index is 13.1. The molecule has 0 saturated carbocycles. The zero-order chi connectivity index (χ0) is 25.3. The van der Waals surface area contributed by atoms with Crippen molar-refractivity contribution in [2.75, 3.05) is 38.4 Å². The van der Waals surface area contributed by atoms with Crippen molar-refractivity contribution in [3.63, 3.8) is 0 Å². The Labute approximate surface area is 211 Å². The van der Waals surface area contributed by atoms with Crippen molar-refractivity contribution in [3.8, 4) is 29.1 Å². The molecule has 0 aliphatic carbocycles. The summed E-state index contributed by atoms with van der Waals surface area (Å²) in [6, 6.07) is 22.6. The molecule has 0 atom stereocenters. The number of fused-ring (bicyclic) bond motifs is 1. The molecule has 1 aliphatic rings. The van der Waals surface area contributed by atoms with E-state index in [2.05, 4.69) is 6.07 Å². The molecule has 36 heavy (non-hydrogen) atoms. The van der Waals surface area contributed by atoms with Crippen LogP contribution in [0, 0.1) is 11.3 Å². The van der Waals surface area contributed by atoms with E-state index < -0.39 is 0 Å². The number of hydrogen-bond acceptors (Lipinski definition) is 6. The molecule has 0 spiro atoms. The predicted molar refractivity (Wildman–Crippen MR) is 138 cm³/mol. The minimum atomic E-state index is -0.311. The topological polar surface area (TPSA) is 81.0 Å². The molecule has 0 radical (unpaired) electrons. The average Bonchev–Trinajstić information content (AvgIpc) is 3.35. The first-order valence-electron chi connectivity index (χ1n) is 11.8. The third-order valence-corrected chi connectivity index (χ3v) is 5.73. The minimum Gasteiger partial charge on any atom is -0.493 e. The standard InChI is InChI=1S/C29H28N2O5/c1-3-34-28-19-21(12-13-27(28)36-17-16-35-26-11-7-6-10-25(26)33-2)18-23(20-30)29(32)31-15-14-22-8-4-5-9-24(22)31/h4-13,18-19H,3,14-17H2,1-2H3. The molecule has 1 aliphatic heterocycles. The van der Waals surface area contributed by atoms with E-state index >= 15 is 0 Å². The van der Waals surface area contributed by atoms with Crippen LogP contribution in [-0.2, 0) is 11.2 Å². The van der Waals surface area contributed by atoms with E-state index in [0.717, 1.165) is 17.7 Å². The zero-order valence-electron chi connectivity index (χ0n) is 20.4. The highest BCUT2D eigenvalue weighted by molar-refractivity contribution is 6.12. The summed E-state index contributed by atoms with van der Waals surface area (Å²) in [7, 11) is 1.60. The van der Waals surface area contributed by atoms with Crippen LogP contribution in [-0.4, -0.2) is 39.4 Å². The first-order valence-corrected chi connectivity index (χ1v) is 11.8. The third kappa shape index (κ3) is 5.61. The Morgan fingerprint density at radius 1 is 0.944 bits per heavy atom.